The molecule has 2 fully saturated rings. The van der Waals surface area contributed by atoms with Crippen LogP contribution in [0.2, 0.25) is 0 Å². The van der Waals surface area contributed by atoms with E-state index in [2.05, 4.69) is 34.9 Å². The van der Waals surface area contributed by atoms with Crippen molar-refractivity contribution in [3.05, 3.63) is 59.7 Å². The van der Waals surface area contributed by atoms with E-state index in [4.69, 9.17) is 4.74 Å². The van der Waals surface area contributed by atoms with Crippen LogP contribution in [0.25, 0.3) is 11.1 Å². The van der Waals surface area contributed by atoms with E-state index in [9.17, 15) is 24.6 Å². The highest BCUT2D eigenvalue weighted by Crippen LogP contribution is 2.63. The molecule has 4 atom stereocenters. The molecule has 0 aliphatic heterocycles. The van der Waals surface area contributed by atoms with Crippen LogP contribution < -0.4 is 10.6 Å². The molecule has 0 radical (unpaired) electrons. The van der Waals surface area contributed by atoms with E-state index in [1.165, 1.54) is 6.92 Å². The minimum absolute atomic E-state index is 0.0283. The summed E-state index contributed by atoms with van der Waals surface area (Å²) < 4.78 is 5.61. The lowest BCUT2D eigenvalue weighted by Crippen LogP contribution is -2.57. The molecule has 34 heavy (non-hydrogen) atoms. The van der Waals surface area contributed by atoms with Crippen molar-refractivity contribution in [1.82, 2.24) is 10.6 Å². The van der Waals surface area contributed by atoms with Crippen LogP contribution in [0.4, 0.5) is 4.79 Å². The van der Waals surface area contributed by atoms with E-state index in [1.54, 1.807) is 0 Å². The van der Waals surface area contributed by atoms with Gasteiger partial charge in [-0.2, -0.15) is 0 Å². The van der Waals surface area contributed by atoms with Gasteiger partial charge in [0.2, 0.25) is 5.91 Å². The van der Waals surface area contributed by atoms with Crippen molar-refractivity contribution < 1.29 is 29.3 Å². The molecule has 8 nitrogen and oxygen atoms in total. The lowest BCUT2D eigenvalue weighted by atomic mass is 9.97. The first-order chi connectivity index (χ1) is 16.3. The smallest absolute Gasteiger partial charge is 0.407 e. The Hall–Kier alpha value is -3.39. The number of aliphatic hydroxyl groups excluding tert-OH is 1. The number of carboxylic acids is 1. The number of carbonyl (C=O) groups excluding carboxylic acids is 2. The highest BCUT2D eigenvalue weighted by molar-refractivity contribution is 5.92. The molecule has 2 aromatic rings. The summed E-state index contributed by atoms with van der Waals surface area (Å²) in [4.78, 5) is 36.8. The van der Waals surface area contributed by atoms with E-state index in [1.807, 2.05) is 24.3 Å². The number of fused-ring (bicyclic) bond motifs is 4. The van der Waals surface area contributed by atoms with Gasteiger partial charge in [0.1, 0.15) is 6.61 Å². The molecule has 3 aliphatic carbocycles. The van der Waals surface area contributed by atoms with Crippen molar-refractivity contribution in [1.29, 1.82) is 0 Å². The molecule has 0 spiro atoms. The number of hydrogen-bond acceptors (Lipinski definition) is 5. The van der Waals surface area contributed by atoms with Gasteiger partial charge >= 0.3 is 12.1 Å². The van der Waals surface area contributed by atoms with Gasteiger partial charge in [0.25, 0.3) is 0 Å². The normalized spacial score (nSPS) is 25.9. The quantitative estimate of drug-likeness (QED) is 0.499. The fourth-order valence-electron chi connectivity index (χ4n) is 5.63. The standard InChI is InChI=1S/C26H28N2O6/c1-25(14-29,23(31)32)28-22(30)26-11-15(26)10-16(12-26)27-24(33)34-13-21-19-8-4-2-6-17(19)18-7-3-5-9-20(18)21/h2-9,15-16,21,29H,10-14H2,1H3,(H,27,33)(H,28,30)(H,31,32). The fraction of sp³-hybridized carbons (Fsp3) is 0.423. The number of ether oxygens (including phenoxy) is 1. The molecule has 178 valence electrons. The molecule has 0 aromatic heterocycles. The summed E-state index contributed by atoms with van der Waals surface area (Å²) in [5, 5.41) is 24.1. The number of aliphatic carboxylic acids is 1. The number of nitrogens with one attached hydrogen (secondary N) is 2. The van der Waals surface area contributed by atoms with Crippen LogP contribution in [0, 0.1) is 11.3 Å². The monoisotopic (exact) mass is 464 g/mol. The summed E-state index contributed by atoms with van der Waals surface area (Å²) in [6, 6.07) is 16.0. The largest absolute Gasteiger partial charge is 0.479 e. The van der Waals surface area contributed by atoms with Crippen LogP contribution in [0.5, 0.6) is 0 Å². The maximum atomic E-state index is 12.8. The van der Waals surface area contributed by atoms with Crippen molar-refractivity contribution >= 4 is 18.0 Å². The van der Waals surface area contributed by atoms with Crippen LogP contribution in [0.15, 0.2) is 48.5 Å². The third-order valence-corrected chi connectivity index (χ3v) is 7.71. The van der Waals surface area contributed by atoms with Crippen molar-refractivity contribution in [3.8, 4) is 11.1 Å². The second kappa shape index (κ2) is 8.13. The number of carboxylic acid groups (broad SMARTS) is 1. The third-order valence-electron chi connectivity index (χ3n) is 7.71. The van der Waals surface area contributed by atoms with Crippen molar-refractivity contribution in [2.24, 2.45) is 11.3 Å². The highest BCUT2D eigenvalue weighted by Gasteiger charge is 2.65. The van der Waals surface area contributed by atoms with E-state index < -0.39 is 29.6 Å². The Kier molecular flexibility index (Phi) is 5.36. The SMILES string of the molecule is CC(CO)(NC(=O)C12CC(NC(=O)OCC3c4ccccc4-c4ccccc43)CC1C2)C(=O)O. The molecule has 0 bridgehead atoms. The summed E-state index contributed by atoms with van der Waals surface area (Å²) >= 11 is 0. The molecule has 5 rings (SSSR count). The van der Waals surface area contributed by atoms with Gasteiger partial charge in [-0.25, -0.2) is 9.59 Å². The topological polar surface area (TPSA) is 125 Å². The predicted molar refractivity (Wildman–Crippen MR) is 123 cm³/mol. The average molecular weight is 465 g/mol. The van der Waals surface area contributed by atoms with Crippen molar-refractivity contribution in [2.45, 2.75) is 43.7 Å². The minimum Gasteiger partial charge on any atom is -0.479 e. The number of alkyl carbamates (subject to hydrolysis) is 1. The van der Waals surface area contributed by atoms with Gasteiger partial charge in [0, 0.05) is 12.0 Å². The minimum atomic E-state index is -1.72. The lowest BCUT2D eigenvalue weighted by Gasteiger charge is -2.26. The van der Waals surface area contributed by atoms with Gasteiger partial charge in [-0.3, -0.25) is 4.79 Å². The zero-order valence-corrected chi connectivity index (χ0v) is 18.9. The molecule has 4 N–H and O–H groups in total. The van der Waals surface area contributed by atoms with Crippen LogP contribution in [0.1, 0.15) is 43.2 Å². The first-order valence-electron chi connectivity index (χ1n) is 11.6. The summed E-state index contributed by atoms with van der Waals surface area (Å²) in [5.41, 5.74) is 2.18. The summed E-state index contributed by atoms with van der Waals surface area (Å²) in [6.07, 6.45) is 1.20. The number of carbonyl (C=O) groups is 3. The summed E-state index contributed by atoms with van der Waals surface area (Å²) in [5.74, 6) is -1.61. The average Bonchev–Trinajstić information content (AvgIpc) is 3.26. The zero-order chi connectivity index (χ0) is 24.1. The van der Waals surface area contributed by atoms with E-state index in [0.717, 1.165) is 22.3 Å². The molecular formula is C26H28N2O6. The van der Waals surface area contributed by atoms with Gasteiger partial charge in [-0.15, -0.1) is 0 Å². The van der Waals surface area contributed by atoms with Gasteiger partial charge in [-0.05, 0) is 54.4 Å². The number of rotatable bonds is 7. The predicted octanol–water partition coefficient (Wildman–Crippen LogP) is 2.65. The highest BCUT2D eigenvalue weighted by atomic mass is 16.5. The summed E-state index contributed by atoms with van der Waals surface area (Å²) in [6.45, 7) is 0.800. The first kappa shape index (κ1) is 22.4. The zero-order valence-electron chi connectivity index (χ0n) is 18.9. The number of hydrogen-bond donors (Lipinski definition) is 4. The summed E-state index contributed by atoms with van der Waals surface area (Å²) in [7, 11) is 0. The Morgan fingerprint density at radius 1 is 1.06 bits per heavy atom. The molecule has 2 aromatic carbocycles. The van der Waals surface area contributed by atoms with Crippen LogP contribution in [-0.4, -0.2) is 53.0 Å². The molecule has 8 heteroatoms. The van der Waals surface area contributed by atoms with Crippen LogP contribution in [-0.2, 0) is 14.3 Å². The maximum Gasteiger partial charge on any atom is 0.407 e. The molecule has 2 amide bonds. The Morgan fingerprint density at radius 3 is 2.26 bits per heavy atom. The van der Waals surface area contributed by atoms with E-state index >= 15 is 0 Å². The van der Waals surface area contributed by atoms with Gasteiger partial charge < -0.3 is 25.6 Å². The molecular weight excluding hydrogens is 436 g/mol. The second-order valence-corrected chi connectivity index (χ2v) is 9.91. The third kappa shape index (κ3) is 3.62. The van der Waals surface area contributed by atoms with Crippen molar-refractivity contribution in [3.63, 3.8) is 0 Å². The number of benzene rings is 2. The molecule has 0 saturated heterocycles. The van der Waals surface area contributed by atoms with Gasteiger partial charge in [0.15, 0.2) is 5.54 Å². The van der Waals surface area contributed by atoms with Crippen molar-refractivity contribution in [2.75, 3.05) is 13.2 Å². The van der Waals surface area contributed by atoms with Gasteiger partial charge in [-0.1, -0.05) is 48.5 Å². The lowest BCUT2D eigenvalue weighted by molar-refractivity contribution is -0.149. The van der Waals surface area contributed by atoms with E-state index in [-0.39, 0.29) is 30.4 Å². The number of amides is 2. The Bertz CT molecular complexity index is 1120. The molecule has 3 aliphatic rings. The number of aliphatic hydroxyl groups is 1. The molecule has 0 heterocycles. The Morgan fingerprint density at radius 2 is 1.68 bits per heavy atom. The Labute approximate surface area is 197 Å². The molecule has 4 unspecified atom stereocenters. The Balaban J connectivity index is 1.18. The fourth-order valence-corrected chi connectivity index (χ4v) is 5.63. The second-order valence-electron chi connectivity index (χ2n) is 9.91. The van der Waals surface area contributed by atoms with Gasteiger partial charge in [0.05, 0.1) is 12.0 Å². The van der Waals surface area contributed by atoms with Crippen LogP contribution in [0.3, 0.4) is 0 Å². The van der Waals surface area contributed by atoms with E-state index in [0.29, 0.717) is 19.3 Å². The maximum absolute atomic E-state index is 12.8. The van der Waals surface area contributed by atoms with Crippen LogP contribution >= 0.6 is 0 Å². The molecule has 2 saturated carbocycles. The first-order valence-corrected chi connectivity index (χ1v) is 11.6.